The Balaban J connectivity index is 1.89. The highest BCUT2D eigenvalue weighted by Gasteiger charge is 2.22. The highest BCUT2D eigenvalue weighted by Crippen LogP contribution is 2.19. The third-order valence-corrected chi connectivity index (χ3v) is 3.01. The van der Waals surface area contributed by atoms with Crippen LogP contribution in [0.15, 0.2) is 12.1 Å². The fraction of sp³-hybridized carbons (Fsp3) is 0.500. The minimum absolute atomic E-state index is 0.0532. The molecule has 1 aromatic heterocycles. The van der Waals surface area contributed by atoms with Crippen molar-refractivity contribution in [3.63, 3.8) is 0 Å². The van der Waals surface area contributed by atoms with E-state index < -0.39 is 6.09 Å². The molecule has 7 nitrogen and oxygen atoms in total. The van der Waals surface area contributed by atoms with Crippen LogP contribution in [0.3, 0.4) is 0 Å². The fourth-order valence-electron chi connectivity index (χ4n) is 1.97. The van der Waals surface area contributed by atoms with Gasteiger partial charge in [0.25, 0.3) is 0 Å². The van der Waals surface area contributed by atoms with Gasteiger partial charge in [-0.2, -0.15) is 5.26 Å². The first kappa shape index (κ1) is 13.1. The van der Waals surface area contributed by atoms with Gasteiger partial charge in [0.1, 0.15) is 12.2 Å². The summed E-state index contributed by atoms with van der Waals surface area (Å²) in [5.74, 6) is 0.748. The number of aromatic nitrogens is 2. The SMILES string of the molecule is CNC(=O)OC1CCN(c2ccc(C#N)nn2)CC1. The van der Waals surface area contributed by atoms with E-state index in [0.717, 1.165) is 31.7 Å². The van der Waals surface area contributed by atoms with Crippen LogP contribution in [0.2, 0.25) is 0 Å². The van der Waals surface area contributed by atoms with Gasteiger partial charge in [0.15, 0.2) is 11.5 Å². The van der Waals surface area contributed by atoms with Gasteiger partial charge in [0, 0.05) is 33.0 Å². The minimum atomic E-state index is -0.392. The van der Waals surface area contributed by atoms with E-state index in [1.165, 1.54) is 0 Å². The highest BCUT2D eigenvalue weighted by atomic mass is 16.6. The zero-order chi connectivity index (χ0) is 13.7. The van der Waals surface area contributed by atoms with Gasteiger partial charge in [-0.1, -0.05) is 0 Å². The molecule has 1 aliphatic heterocycles. The predicted molar refractivity (Wildman–Crippen MR) is 67.5 cm³/mol. The van der Waals surface area contributed by atoms with Crippen LogP contribution in [0.25, 0.3) is 0 Å². The fourth-order valence-corrected chi connectivity index (χ4v) is 1.97. The van der Waals surface area contributed by atoms with Crippen LogP contribution in [0, 0.1) is 11.3 Å². The molecule has 2 rings (SSSR count). The van der Waals surface area contributed by atoms with Crippen LogP contribution >= 0.6 is 0 Å². The lowest BCUT2D eigenvalue weighted by molar-refractivity contribution is 0.0848. The number of hydrogen-bond donors (Lipinski definition) is 1. The zero-order valence-corrected chi connectivity index (χ0v) is 10.7. The van der Waals surface area contributed by atoms with E-state index in [2.05, 4.69) is 20.4 Å². The van der Waals surface area contributed by atoms with E-state index >= 15 is 0 Å². The molecule has 0 aliphatic carbocycles. The summed E-state index contributed by atoms with van der Waals surface area (Å²) in [4.78, 5) is 13.2. The second-order valence-electron chi connectivity index (χ2n) is 4.23. The summed E-state index contributed by atoms with van der Waals surface area (Å²) < 4.78 is 5.21. The van der Waals surface area contributed by atoms with Gasteiger partial charge < -0.3 is 15.0 Å². The number of anilines is 1. The number of piperidine rings is 1. The summed E-state index contributed by atoms with van der Waals surface area (Å²) >= 11 is 0. The molecule has 0 radical (unpaired) electrons. The third kappa shape index (κ3) is 3.31. The number of amides is 1. The number of carbonyl (C=O) groups excluding carboxylic acids is 1. The van der Waals surface area contributed by atoms with Crippen molar-refractivity contribution in [3.8, 4) is 6.07 Å². The standard InChI is InChI=1S/C12H15N5O2/c1-14-12(18)19-10-4-6-17(7-5-10)11-3-2-9(8-13)15-16-11/h2-3,10H,4-7H2,1H3,(H,14,18). The second-order valence-corrected chi connectivity index (χ2v) is 4.23. The molecule has 1 aromatic rings. The number of rotatable bonds is 2. The van der Waals surface area contributed by atoms with Gasteiger partial charge >= 0.3 is 6.09 Å². The van der Waals surface area contributed by atoms with Crippen LogP contribution in [0.5, 0.6) is 0 Å². The zero-order valence-electron chi connectivity index (χ0n) is 10.7. The molecule has 7 heteroatoms. The highest BCUT2D eigenvalue weighted by molar-refractivity contribution is 5.66. The van der Waals surface area contributed by atoms with Gasteiger partial charge in [0.2, 0.25) is 0 Å². The van der Waals surface area contributed by atoms with Crippen molar-refractivity contribution in [3.05, 3.63) is 17.8 Å². The largest absolute Gasteiger partial charge is 0.446 e. The summed E-state index contributed by atoms with van der Waals surface area (Å²) in [6.07, 6.45) is 1.07. The van der Waals surface area contributed by atoms with Crippen molar-refractivity contribution >= 4 is 11.9 Å². The van der Waals surface area contributed by atoms with E-state index in [4.69, 9.17) is 10.00 Å². The van der Waals surface area contributed by atoms with Gasteiger partial charge in [0.05, 0.1) is 0 Å². The average Bonchev–Trinajstić information content (AvgIpc) is 2.48. The monoisotopic (exact) mass is 261 g/mol. The Morgan fingerprint density at radius 3 is 2.74 bits per heavy atom. The minimum Gasteiger partial charge on any atom is -0.446 e. The number of hydrogen-bond acceptors (Lipinski definition) is 6. The van der Waals surface area contributed by atoms with Gasteiger partial charge in [-0.25, -0.2) is 4.79 Å². The number of nitrogens with one attached hydrogen (secondary N) is 1. The number of nitriles is 1. The first-order chi connectivity index (χ1) is 9.22. The maximum atomic E-state index is 11.1. The number of ether oxygens (including phenoxy) is 1. The molecule has 0 aromatic carbocycles. The maximum Gasteiger partial charge on any atom is 0.407 e. The molecule has 1 saturated heterocycles. The first-order valence-electron chi connectivity index (χ1n) is 6.10. The second kappa shape index (κ2) is 6.00. The summed E-state index contributed by atoms with van der Waals surface area (Å²) in [5, 5.41) is 18.9. The lowest BCUT2D eigenvalue weighted by atomic mass is 10.1. The van der Waals surface area contributed by atoms with Crippen molar-refractivity contribution in [2.75, 3.05) is 25.0 Å². The Morgan fingerprint density at radius 2 is 2.21 bits per heavy atom. The van der Waals surface area contributed by atoms with Gasteiger partial charge in [-0.05, 0) is 12.1 Å². The Hall–Kier alpha value is -2.36. The Morgan fingerprint density at radius 1 is 1.47 bits per heavy atom. The quantitative estimate of drug-likeness (QED) is 0.841. The van der Waals surface area contributed by atoms with Crippen molar-refractivity contribution in [2.45, 2.75) is 18.9 Å². The number of carbonyl (C=O) groups is 1. The molecule has 1 aliphatic rings. The molecule has 2 heterocycles. The lowest BCUT2D eigenvalue weighted by Crippen LogP contribution is -2.39. The van der Waals surface area contributed by atoms with E-state index in [1.807, 2.05) is 6.07 Å². The Kier molecular flexibility index (Phi) is 4.13. The van der Waals surface area contributed by atoms with Gasteiger partial charge in [-0.3, -0.25) is 0 Å². The average molecular weight is 261 g/mol. The molecule has 0 atom stereocenters. The van der Waals surface area contributed by atoms with Crippen molar-refractivity contribution in [2.24, 2.45) is 0 Å². The van der Waals surface area contributed by atoms with E-state index in [1.54, 1.807) is 19.2 Å². The normalized spacial score (nSPS) is 15.7. The molecule has 1 fully saturated rings. The third-order valence-electron chi connectivity index (χ3n) is 3.01. The van der Waals surface area contributed by atoms with Crippen LogP contribution in [0.4, 0.5) is 10.6 Å². The molecule has 0 bridgehead atoms. The van der Waals surface area contributed by atoms with Crippen molar-refractivity contribution in [1.82, 2.24) is 15.5 Å². The van der Waals surface area contributed by atoms with Crippen molar-refractivity contribution in [1.29, 1.82) is 5.26 Å². The maximum absolute atomic E-state index is 11.1. The number of nitrogens with zero attached hydrogens (tertiary/aromatic N) is 4. The molecule has 19 heavy (non-hydrogen) atoms. The predicted octanol–water partition coefficient (Wildman–Crippen LogP) is 0.673. The van der Waals surface area contributed by atoms with Crippen LogP contribution in [-0.2, 0) is 4.74 Å². The molecular weight excluding hydrogens is 246 g/mol. The van der Waals surface area contributed by atoms with Crippen LogP contribution in [0.1, 0.15) is 18.5 Å². The topological polar surface area (TPSA) is 91.1 Å². The molecule has 100 valence electrons. The van der Waals surface area contributed by atoms with Crippen LogP contribution in [-0.4, -0.2) is 42.5 Å². The van der Waals surface area contributed by atoms with E-state index in [0.29, 0.717) is 5.69 Å². The first-order valence-corrected chi connectivity index (χ1v) is 6.10. The van der Waals surface area contributed by atoms with E-state index in [9.17, 15) is 4.79 Å². The summed E-state index contributed by atoms with van der Waals surface area (Å²) in [6.45, 7) is 1.50. The Labute approximate surface area is 111 Å². The van der Waals surface area contributed by atoms with Crippen LogP contribution < -0.4 is 10.2 Å². The lowest BCUT2D eigenvalue weighted by Gasteiger charge is -2.31. The number of alkyl carbamates (subject to hydrolysis) is 1. The van der Waals surface area contributed by atoms with Gasteiger partial charge in [-0.15, -0.1) is 10.2 Å². The summed E-state index contributed by atoms with van der Waals surface area (Å²) in [5.41, 5.74) is 0.307. The summed E-state index contributed by atoms with van der Waals surface area (Å²) in [7, 11) is 1.55. The molecule has 1 N–H and O–H groups in total. The molecule has 0 saturated carbocycles. The van der Waals surface area contributed by atoms with E-state index in [-0.39, 0.29) is 6.10 Å². The molecule has 0 unspecified atom stereocenters. The summed E-state index contributed by atoms with van der Waals surface area (Å²) in [6, 6.07) is 5.37. The smallest absolute Gasteiger partial charge is 0.407 e. The Bertz CT molecular complexity index is 474. The molecule has 0 spiro atoms. The molecule has 1 amide bonds. The van der Waals surface area contributed by atoms with Crippen molar-refractivity contribution < 1.29 is 9.53 Å². The molecular formula is C12H15N5O2.